The van der Waals surface area contributed by atoms with Crippen LogP contribution in [0.3, 0.4) is 0 Å². The highest BCUT2D eigenvalue weighted by atomic mass is 16.5. The van der Waals surface area contributed by atoms with E-state index in [-0.39, 0.29) is 0 Å². The van der Waals surface area contributed by atoms with E-state index in [9.17, 15) is 0 Å². The zero-order valence-corrected chi connectivity index (χ0v) is 12.2. The molecule has 1 heterocycles. The number of nitrogens with two attached hydrogens (primary N) is 1. The highest BCUT2D eigenvalue weighted by molar-refractivity contribution is 5.72. The smallest absolute Gasteiger partial charge is 0.122 e. The zero-order chi connectivity index (χ0) is 14.9. The summed E-state index contributed by atoms with van der Waals surface area (Å²) < 4.78 is 5.44. The summed E-state index contributed by atoms with van der Waals surface area (Å²) >= 11 is 0. The quantitative estimate of drug-likeness (QED) is 0.894. The number of aromatic nitrogens is 1. The maximum Gasteiger partial charge on any atom is 0.122 e. The minimum atomic E-state index is 0.354. The maximum atomic E-state index is 9.00. The van der Waals surface area contributed by atoms with Crippen molar-refractivity contribution in [2.45, 2.75) is 26.7 Å². The van der Waals surface area contributed by atoms with Gasteiger partial charge in [-0.1, -0.05) is 13.8 Å². The summed E-state index contributed by atoms with van der Waals surface area (Å²) in [6, 6.07) is 7.99. The van der Waals surface area contributed by atoms with Crippen molar-refractivity contribution >= 4 is 5.82 Å². The lowest BCUT2D eigenvalue weighted by molar-refractivity contribution is 0.407. The van der Waals surface area contributed by atoms with Crippen LogP contribution in [0.5, 0.6) is 5.75 Å². The standard InChI is InChI=1S/C16H19N3O/c1-9(2)12-7-13(10(3)5-15(12)20-4)14-6-11(8-17)16(18)19-14/h5-7,9,19H,18H2,1-4H3. The summed E-state index contributed by atoms with van der Waals surface area (Å²) in [5.41, 5.74) is 10.4. The van der Waals surface area contributed by atoms with Gasteiger partial charge in [0, 0.05) is 11.3 Å². The molecule has 0 spiro atoms. The molecule has 20 heavy (non-hydrogen) atoms. The third kappa shape index (κ3) is 2.35. The number of nitrogens with zero attached hydrogens (tertiary/aromatic N) is 1. The molecule has 1 aromatic carbocycles. The van der Waals surface area contributed by atoms with Crippen LogP contribution in [0.2, 0.25) is 0 Å². The maximum absolute atomic E-state index is 9.00. The van der Waals surface area contributed by atoms with Crippen molar-refractivity contribution in [1.29, 1.82) is 5.26 Å². The first kappa shape index (κ1) is 14.0. The van der Waals surface area contributed by atoms with Crippen molar-refractivity contribution < 1.29 is 4.74 Å². The Morgan fingerprint density at radius 3 is 2.50 bits per heavy atom. The van der Waals surface area contributed by atoms with Crippen LogP contribution in [0.1, 0.15) is 36.5 Å². The Balaban J connectivity index is 2.62. The van der Waals surface area contributed by atoms with Crippen molar-refractivity contribution in [2.75, 3.05) is 12.8 Å². The Morgan fingerprint density at radius 2 is 2.00 bits per heavy atom. The molecule has 104 valence electrons. The fourth-order valence-corrected chi connectivity index (χ4v) is 2.32. The number of hydrogen-bond acceptors (Lipinski definition) is 3. The van der Waals surface area contributed by atoms with Crippen molar-refractivity contribution in [3.63, 3.8) is 0 Å². The van der Waals surface area contributed by atoms with Crippen LogP contribution in [0, 0.1) is 18.3 Å². The first-order valence-electron chi connectivity index (χ1n) is 6.55. The van der Waals surface area contributed by atoms with E-state index in [2.05, 4.69) is 31.0 Å². The number of rotatable bonds is 3. The lowest BCUT2D eigenvalue weighted by Crippen LogP contribution is -1.97. The predicted molar refractivity (Wildman–Crippen MR) is 80.7 cm³/mol. The summed E-state index contributed by atoms with van der Waals surface area (Å²) in [5, 5.41) is 9.00. The number of aryl methyl sites for hydroxylation is 1. The van der Waals surface area contributed by atoms with Gasteiger partial charge in [0.25, 0.3) is 0 Å². The highest BCUT2D eigenvalue weighted by Gasteiger charge is 2.14. The normalized spacial score (nSPS) is 10.6. The number of H-pyrrole nitrogens is 1. The fraction of sp³-hybridized carbons (Fsp3) is 0.312. The van der Waals surface area contributed by atoms with Crippen molar-refractivity contribution in [3.8, 4) is 23.1 Å². The first-order valence-corrected chi connectivity index (χ1v) is 6.55. The topological polar surface area (TPSA) is 74.8 Å². The summed E-state index contributed by atoms with van der Waals surface area (Å²) in [5.74, 6) is 1.65. The zero-order valence-electron chi connectivity index (χ0n) is 12.2. The highest BCUT2D eigenvalue weighted by Crippen LogP contribution is 2.34. The number of methoxy groups -OCH3 is 1. The number of ether oxygens (including phenoxy) is 1. The van der Waals surface area contributed by atoms with Gasteiger partial charge < -0.3 is 15.5 Å². The molecule has 0 saturated carbocycles. The Bertz CT molecular complexity index is 678. The Morgan fingerprint density at radius 1 is 1.30 bits per heavy atom. The molecule has 0 aliphatic carbocycles. The average Bonchev–Trinajstić information content (AvgIpc) is 2.78. The lowest BCUT2D eigenvalue weighted by atomic mass is 9.95. The van der Waals surface area contributed by atoms with Gasteiger partial charge in [-0.05, 0) is 42.2 Å². The van der Waals surface area contributed by atoms with Crippen LogP contribution in [-0.2, 0) is 0 Å². The summed E-state index contributed by atoms with van der Waals surface area (Å²) in [7, 11) is 1.68. The van der Waals surface area contributed by atoms with Gasteiger partial charge in [-0.15, -0.1) is 0 Å². The molecule has 3 N–H and O–H groups in total. The molecule has 0 radical (unpaired) electrons. The number of nitrogen functional groups attached to an aromatic ring is 1. The second-order valence-electron chi connectivity index (χ2n) is 5.19. The number of benzene rings is 1. The van der Waals surface area contributed by atoms with Crippen LogP contribution in [0.25, 0.3) is 11.3 Å². The van der Waals surface area contributed by atoms with Crippen molar-refractivity contribution in [3.05, 3.63) is 34.9 Å². The van der Waals surface area contributed by atoms with E-state index in [1.54, 1.807) is 13.2 Å². The van der Waals surface area contributed by atoms with E-state index in [1.165, 1.54) is 0 Å². The molecule has 2 rings (SSSR count). The van der Waals surface area contributed by atoms with Gasteiger partial charge >= 0.3 is 0 Å². The van der Waals surface area contributed by atoms with Crippen LogP contribution in [-0.4, -0.2) is 12.1 Å². The molecular formula is C16H19N3O. The second kappa shape index (κ2) is 5.30. The number of aromatic amines is 1. The van der Waals surface area contributed by atoms with Gasteiger partial charge in [-0.2, -0.15) is 5.26 Å². The number of anilines is 1. The molecule has 0 aliphatic heterocycles. The Hall–Kier alpha value is -2.41. The molecule has 4 heteroatoms. The van der Waals surface area contributed by atoms with Gasteiger partial charge in [-0.25, -0.2) is 0 Å². The Labute approximate surface area is 119 Å². The van der Waals surface area contributed by atoms with E-state index >= 15 is 0 Å². The average molecular weight is 269 g/mol. The van der Waals surface area contributed by atoms with Gasteiger partial charge in [0.2, 0.25) is 0 Å². The fourth-order valence-electron chi connectivity index (χ4n) is 2.32. The van der Waals surface area contributed by atoms with Crippen molar-refractivity contribution in [1.82, 2.24) is 4.98 Å². The monoisotopic (exact) mass is 269 g/mol. The van der Waals surface area contributed by atoms with Crippen molar-refractivity contribution in [2.24, 2.45) is 0 Å². The lowest BCUT2D eigenvalue weighted by Gasteiger charge is -2.15. The molecule has 2 aromatic rings. The van der Waals surface area contributed by atoms with Crippen LogP contribution < -0.4 is 10.5 Å². The van der Waals surface area contributed by atoms with Crippen LogP contribution in [0.15, 0.2) is 18.2 Å². The molecule has 0 atom stereocenters. The summed E-state index contributed by atoms with van der Waals surface area (Å²) in [6.07, 6.45) is 0. The largest absolute Gasteiger partial charge is 0.496 e. The van der Waals surface area contributed by atoms with E-state index in [1.807, 2.05) is 13.0 Å². The summed E-state index contributed by atoms with van der Waals surface area (Å²) in [6.45, 7) is 6.27. The minimum Gasteiger partial charge on any atom is -0.496 e. The molecular weight excluding hydrogens is 250 g/mol. The molecule has 0 aliphatic rings. The third-order valence-electron chi connectivity index (χ3n) is 3.46. The van der Waals surface area contributed by atoms with E-state index in [0.717, 1.165) is 28.1 Å². The van der Waals surface area contributed by atoms with Gasteiger partial charge in [0.05, 0.1) is 12.7 Å². The molecule has 0 amide bonds. The number of nitrogens with one attached hydrogen (secondary N) is 1. The van der Waals surface area contributed by atoms with Crippen LogP contribution in [0.4, 0.5) is 5.82 Å². The molecule has 4 nitrogen and oxygen atoms in total. The van der Waals surface area contributed by atoms with Crippen LogP contribution >= 0.6 is 0 Å². The van der Waals surface area contributed by atoms with E-state index < -0.39 is 0 Å². The SMILES string of the molecule is COc1cc(C)c(-c2cc(C#N)c(N)[nH]2)cc1C(C)C. The first-order chi connectivity index (χ1) is 9.47. The minimum absolute atomic E-state index is 0.354. The van der Waals surface area contributed by atoms with E-state index in [0.29, 0.717) is 17.3 Å². The van der Waals surface area contributed by atoms with Gasteiger partial charge in [0.1, 0.15) is 17.6 Å². The second-order valence-corrected chi connectivity index (χ2v) is 5.19. The molecule has 1 aromatic heterocycles. The number of nitriles is 1. The number of hydrogen-bond donors (Lipinski definition) is 2. The van der Waals surface area contributed by atoms with Gasteiger partial charge in [-0.3, -0.25) is 0 Å². The molecule has 0 unspecified atom stereocenters. The summed E-state index contributed by atoms with van der Waals surface area (Å²) in [4.78, 5) is 3.07. The molecule has 0 fully saturated rings. The Kier molecular flexibility index (Phi) is 3.71. The predicted octanol–water partition coefficient (Wildman–Crippen LogP) is 3.58. The molecule has 0 bridgehead atoms. The molecule has 0 saturated heterocycles. The van der Waals surface area contributed by atoms with E-state index in [4.69, 9.17) is 15.7 Å². The van der Waals surface area contributed by atoms with Gasteiger partial charge in [0.15, 0.2) is 0 Å². The third-order valence-corrected chi connectivity index (χ3v) is 3.46.